The number of hydrogen-bond donors (Lipinski definition) is 3. The van der Waals surface area contributed by atoms with E-state index in [-0.39, 0.29) is 11.8 Å². The highest BCUT2D eigenvalue weighted by Gasteiger charge is 2.21. The minimum atomic E-state index is -0.145. The van der Waals surface area contributed by atoms with Crippen LogP contribution < -0.4 is 21.1 Å². The van der Waals surface area contributed by atoms with Gasteiger partial charge in [-0.2, -0.15) is 0 Å². The van der Waals surface area contributed by atoms with Gasteiger partial charge in [-0.05, 0) is 37.1 Å². The Morgan fingerprint density at radius 2 is 1.45 bits per heavy atom. The molecular weight excluding hydrogens is 414 g/mol. The van der Waals surface area contributed by atoms with Crippen molar-refractivity contribution in [2.75, 3.05) is 17.6 Å². The van der Waals surface area contributed by atoms with Gasteiger partial charge >= 0.3 is 0 Å². The van der Waals surface area contributed by atoms with E-state index in [1.54, 1.807) is 18.2 Å². The number of anilines is 2. The molecule has 6 nitrogen and oxygen atoms in total. The number of nitrogens with one attached hydrogen (secondary N) is 2. The number of benzene rings is 3. The summed E-state index contributed by atoms with van der Waals surface area (Å²) in [5, 5.41) is 5.78. The molecule has 0 bridgehead atoms. The molecule has 3 aromatic carbocycles. The van der Waals surface area contributed by atoms with E-state index in [0.717, 1.165) is 47.5 Å². The SMILES string of the molecule is Nc1ccccc1NC(=O)CCCCCNC(=O)C=C1c2ccccc2Oc2ccccc21. The second-order valence-electron chi connectivity index (χ2n) is 7.89. The van der Waals surface area contributed by atoms with E-state index in [2.05, 4.69) is 10.6 Å². The molecule has 4 N–H and O–H groups in total. The lowest BCUT2D eigenvalue weighted by molar-refractivity contribution is -0.117. The van der Waals surface area contributed by atoms with Crippen molar-refractivity contribution in [3.63, 3.8) is 0 Å². The molecule has 1 aliphatic heterocycles. The van der Waals surface area contributed by atoms with E-state index in [1.165, 1.54) is 0 Å². The number of rotatable bonds is 8. The van der Waals surface area contributed by atoms with Gasteiger partial charge in [0.25, 0.3) is 0 Å². The number of fused-ring (bicyclic) bond motifs is 2. The molecule has 0 atom stereocenters. The topological polar surface area (TPSA) is 93.5 Å². The zero-order chi connectivity index (χ0) is 23.0. The van der Waals surface area contributed by atoms with Crippen molar-refractivity contribution < 1.29 is 14.3 Å². The average Bonchev–Trinajstić information content (AvgIpc) is 2.82. The second kappa shape index (κ2) is 10.5. The van der Waals surface area contributed by atoms with Gasteiger partial charge in [0.2, 0.25) is 11.8 Å². The molecule has 1 aliphatic rings. The minimum Gasteiger partial charge on any atom is -0.456 e. The highest BCUT2D eigenvalue weighted by Crippen LogP contribution is 2.43. The number of hydrogen-bond acceptors (Lipinski definition) is 4. The lowest BCUT2D eigenvalue weighted by atomic mass is 9.93. The lowest BCUT2D eigenvalue weighted by Gasteiger charge is -2.22. The van der Waals surface area contributed by atoms with Crippen molar-refractivity contribution in [1.29, 1.82) is 0 Å². The number of amides is 2. The molecule has 0 saturated heterocycles. The van der Waals surface area contributed by atoms with Crippen molar-refractivity contribution in [3.8, 4) is 11.5 Å². The highest BCUT2D eigenvalue weighted by molar-refractivity contribution is 6.01. The molecule has 0 aromatic heterocycles. The van der Waals surface area contributed by atoms with Crippen LogP contribution in [0.4, 0.5) is 11.4 Å². The van der Waals surface area contributed by atoms with Crippen LogP contribution in [0.2, 0.25) is 0 Å². The van der Waals surface area contributed by atoms with Crippen molar-refractivity contribution in [2.24, 2.45) is 0 Å². The third kappa shape index (κ3) is 5.60. The molecule has 168 valence electrons. The third-order valence-corrected chi connectivity index (χ3v) is 5.46. The first-order chi connectivity index (χ1) is 16.1. The van der Waals surface area contributed by atoms with Gasteiger partial charge in [-0.15, -0.1) is 0 Å². The van der Waals surface area contributed by atoms with Crippen molar-refractivity contribution in [3.05, 3.63) is 90.0 Å². The minimum absolute atomic E-state index is 0.0569. The lowest BCUT2D eigenvalue weighted by Crippen LogP contribution is -2.23. The second-order valence-corrected chi connectivity index (χ2v) is 7.89. The number of nitrogens with two attached hydrogens (primary N) is 1. The Hall–Kier alpha value is -4.06. The van der Waals surface area contributed by atoms with E-state index in [0.29, 0.717) is 24.3 Å². The zero-order valence-corrected chi connectivity index (χ0v) is 18.3. The van der Waals surface area contributed by atoms with Crippen LogP contribution in [-0.2, 0) is 9.59 Å². The molecule has 3 aromatic rings. The number of para-hydroxylation sites is 4. The zero-order valence-electron chi connectivity index (χ0n) is 18.3. The van der Waals surface area contributed by atoms with Crippen molar-refractivity contribution in [2.45, 2.75) is 25.7 Å². The normalized spacial score (nSPS) is 11.6. The summed E-state index contributed by atoms with van der Waals surface area (Å²) >= 11 is 0. The van der Waals surface area contributed by atoms with Crippen LogP contribution in [0.1, 0.15) is 36.8 Å². The van der Waals surface area contributed by atoms with Crippen molar-refractivity contribution >= 4 is 28.8 Å². The maximum Gasteiger partial charge on any atom is 0.244 e. The van der Waals surface area contributed by atoms with Gasteiger partial charge in [-0.3, -0.25) is 9.59 Å². The number of ether oxygens (including phenoxy) is 1. The maximum atomic E-state index is 12.6. The number of carbonyl (C=O) groups is 2. The molecule has 2 amide bonds. The highest BCUT2D eigenvalue weighted by atomic mass is 16.5. The maximum absolute atomic E-state index is 12.6. The standard InChI is InChI=1S/C27H27N3O3/c28-22-12-5-6-13-23(22)30-26(31)16-2-1-9-17-29-27(32)18-21-19-10-3-7-14-24(19)33-25-15-8-4-11-20(21)25/h3-8,10-15,18H,1-2,9,16-17,28H2,(H,29,32)(H,30,31). The summed E-state index contributed by atoms with van der Waals surface area (Å²) in [7, 11) is 0. The van der Waals surface area contributed by atoms with E-state index in [1.807, 2.05) is 60.7 Å². The Bertz CT molecular complexity index is 1140. The molecule has 0 fully saturated rings. The number of unbranched alkanes of at least 4 members (excludes halogenated alkanes) is 2. The largest absolute Gasteiger partial charge is 0.456 e. The average molecular weight is 442 g/mol. The first-order valence-electron chi connectivity index (χ1n) is 11.1. The first-order valence-corrected chi connectivity index (χ1v) is 11.1. The first kappa shape index (κ1) is 22.1. The van der Waals surface area contributed by atoms with Gasteiger partial charge < -0.3 is 21.1 Å². The van der Waals surface area contributed by atoms with E-state index < -0.39 is 0 Å². The van der Waals surface area contributed by atoms with Gasteiger partial charge in [0, 0.05) is 35.7 Å². The van der Waals surface area contributed by atoms with Crippen LogP contribution in [0.3, 0.4) is 0 Å². The molecule has 6 heteroatoms. The van der Waals surface area contributed by atoms with Crippen LogP contribution in [0.5, 0.6) is 11.5 Å². The van der Waals surface area contributed by atoms with Gasteiger partial charge in [0.05, 0.1) is 11.4 Å². The quantitative estimate of drug-likeness (QED) is 0.201. The Kier molecular flexibility index (Phi) is 7.05. The summed E-state index contributed by atoms with van der Waals surface area (Å²) in [5.74, 6) is 1.28. The smallest absolute Gasteiger partial charge is 0.244 e. The predicted octanol–water partition coefficient (Wildman–Crippen LogP) is 5.12. The number of carbonyl (C=O) groups excluding carboxylic acids is 2. The van der Waals surface area contributed by atoms with Gasteiger partial charge in [0.1, 0.15) is 11.5 Å². The van der Waals surface area contributed by atoms with Gasteiger partial charge in [0.15, 0.2) is 0 Å². The molecule has 1 heterocycles. The third-order valence-electron chi connectivity index (χ3n) is 5.46. The summed E-state index contributed by atoms with van der Waals surface area (Å²) in [6.07, 6.45) is 4.44. The van der Waals surface area contributed by atoms with Gasteiger partial charge in [-0.25, -0.2) is 0 Å². The Balaban J connectivity index is 1.25. The van der Waals surface area contributed by atoms with Gasteiger partial charge in [-0.1, -0.05) is 55.0 Å². The van der Waals surface area contributed by atoms with Crippen LogP contribution in [0.25, 0.3) is 5.57 Å². The van der Waals surface area contributed by atoms with Crippen molar-refractivity contribution in [1.82, 2.24) is 5.32 Å². The monoisotopic (exact) mass is 441 g/mol. The molecule has 0 unspecified atom stereocenters. The Labute approximate surface area is 193 Å². The molecule has 0 spiro atoms. The molecule has 33 heavy (non-hydrogen) atoms. The van der Waals surface area contributed by atoms with E-state index in [9.17, 15) is 9.59 Å². The fraction of sp³-hybridized carbons (Fsp3) is 0.185. The predicted molar refractivity (Wildman–Crippen MR) is 131 cm³/mol. The molecule has 0 saturated carbocycles. The van der Waals surface area contributed by atoms with Crippen LogP contribution in [0.15, 0.2) is 78.9 Å². The molecule has 4 rings (SSSR count). The van der Waals surface area contributed by atoms with Crippen LogP contribution >= 0.6 is 0 Å². The summed E-state index contributed by atoms with van der Waals surface area (Å²) in [5.41, 5.74) is 9.68. The fourth-order valence-electron chi connectivity index (χ4n) is 3.78. The van der Waals surface area contributed by atoms with E-state index >= 15 is 0 Å². The molecular formula is C27H27N3O3. The summed E-state index contributed by atoms with van der Waals surface area (Å²) in [4.78, 5) is 24.7. The summed E-state index contributed by atoms with van der Waals surface area (Å²) in [6.45, 7) is 0.551. The van der Waals surface area contributed by atoms with Crippen LogP contribution in [0, 0.1) is 0 Å². The Morgan fingerprint density at radius 3 is 2.15 bits per heavy atom. The van der Waals surface area contributed by atoms with E-state index in [4.69, 9.17) is 10.5 Å². The number of nitrogen functional groups attached to an aromatic ring is 1. The fourth-order valence-corrected chi connectivity index (χ4v) is 3.78. The molecule has 0 radical (unpaired) electrons. The van der Waals surface area contributed by atoms with Crippen LogP contribution in [-0.4, -0.2) is 18.4 Å². The summed E-state index contributed by atoms with van der Waals surface area (Å²) < 4.78 is 5.97. The summed E-state index contributed by atoms with van der Waals surface area (Å²) in [6, 6.07) is 22.6. The Morgan fingerprint density at radius 1 is 0.818 bits per heavy atom. The molecule has 0 aliphatic carbocycles.